The molecule has 1 saturated heterocycles. The highest BCUT2D eigenvalue weighted by atomic mass is 35.5. The minimum Gasteiger partial charge on any atom is -0.297 e. The molecule has 0 bridgehead atoms. The first-order chi connectivity index (χ1) is 11.7. The van der Waals surface area contributed by atoms with Crippen molar-refractivity contribution in [3.8, 4) is 0 Å². The molecule has 4 heteroatoms. The van der Waals surface area contributed by atoms with Gasteiger partial charge in [-0.2, -0.15) is 0 Å². The summed E-state index contributed by atoms with van der Waals surface area (Å²) in [6.45, 7) is 5.85. The van der Waals surface area contributed by atoms with Crippen LogP contribution in [-0.2, 0) is 6.54 Å². The summed E-state index contributed by atoms with van der Waals surface area (Å²) in [7, 11) is 0. The molecule has 0 atom stereocenters. The zero-order valence-corrected chi connectivity index (χ0v) is 14.4. The second-order valence-electron chi connectivity index (χ2n) is 6.13. The molecule has 0 saturated carbocycles. The highest BCUT2D eigenvalue weighted by Crippen LogP contribution is 2.19. The topological polar surface area (TPSA) is 6.48 Å². The third kappa shape index (κ3) is 4.91. The van der Waals surface area contributed by atoms with Crippen molar-refractivity contribution in [2.45, 2.75) is 6.54 Å². The van der Waals surface area contributed by atoms with Crippen molar-refractivity contribution in [2.24, 2.45) is 0 Å². The first kappa shape index (κ1) is 17.2. The molecule has 24 heavy (non-hydrogen) atoms. The molecule has 1 fully saturated rings. The molecule has 126 valence electrons. The predicted molar refractivity (Wildman–Crippen MR) is 98.6 cm³/mol. The van der Waals surface area contributed by atoms with E-state index in [1.165, 1.54) is 17.7 Å². The first-order valence-electron chi connectivity index (χ1n) is 8.31. The molecule has 0 amide bonds. The molecule has 1 heterocycles. The van der Waals surface area contributed by atoms with Crippen LogP contribution in [0.4, 0.5) is 4.39 Å². The number of hydrogen-bond donors (Lipinski definition) is 0. The van der Waals surface area contributed by atoms with Crippen LogP contribution in [-0.4, -0.2) is 42.5 Å². The van der Waals surface area contributed by atoms with Gasteiger partial charge in [0, 0.05) is 44.3 Å². The highest BCUT2D eigenvalue weighted by Gasteiger charge is 2.16. The monoisotopic (exact) mass is 344 g/mol. The summed E-state index contributed by atoms with van der Waals surface area (Å²) in [4.78, 5) is 4.82. The van der Waals surface area contributed by atoms with Gasteiger partial charge in [0.25, 0.3) is 0 Å². The summed E-state index contributed by atoms with van der Waals surface area (Å²) in [6, 6.07) is 15.0. The summed E-state index contributed by atoms with van der Waals surface area (Å²) in [6.07, 6.45) is 4.40. The van der Waals surface area contributed by atoms with Gasteiger partial charge < -0.3 is 0 Å². The van der Waals surface area contributed by atoms with Gasteiger partial charge in [-0.15, -0.1) is 0 Å². The smallest absolute Gasteiger partial charge is 0.124 e. The lowest BCUT2D eigenvalue weighted by Gasteiger charge is -2.34. The average molecular weight is 345 g/mol. The fourth-order valence-corrected chi connectivity index (χ4v) is 3.15. The Labute approximate surface area is 148 Å². The zero-order valence-electron chi connectivity index (χ0n) is 13.7. The molecule has 2 aromatic rings. The van der Waals surface area contributed by atoms with E-state index in [2.05, 4.69) is 46.2 Å². The molecule has 0 N–H and O–H groups in total. The third-order valence-electron chi connectivity index (χ3n) is 4.35. The minimum absolute atomic E-state index is 0.279. The third-order valence-corrected chi connectivity index (χ3v) is 4.70. The van der Waals surface area contributed by atoms with Gasteiger partial charge in [-0.05, 0) is 23.3 Å². The highest BCUT2D eigenvalue weighted by molar-refractivity contribution is 6.31. The van der Waals surface area contributed by atoms with Gasteiger partial charge in [0.15, 0.2) is 0 Å². The van der Waals surface area contributed by atoms with Crippen LogP contribution < -0.4 is 0 Å². The lowest BCUT2D eigenvalue weighted by Crippen LogP contribution is -2.45. The molecule has 0 unspecified atom stereocenters. The Morgan fingerprint density at radius 1 is 0.958 bits per heavy atom. The fourth-order valence-electron chi connectivity index (χ4n) is 2.92. The maximum atomic E-state index is 13.1. The van der Waals surface area contributed by atoms with E-state index in [-0.39, 0.29) is 5.82 Å². The second-order valence-corrected chi connectivity index (χ2v) is 6.53. The van der Waals surface area contributed by atoms with Gasteiger partial charge in [-0.25, -0.2) is 4.39 Å². The summed E-state index contributed by atoms with van der Waals surface area (Å²) in [5, 5.41) is 0.517. The van der Waals surface area contributed by atoms with Crippen LogP contribution in [0, 0.1) is 5.82 Å². The SMILES string of the molecule is Fc1ccc(CN2CCN(C/C=C/c3ccccc3)CC2)c(Cl)c1. The van der Waals surface area contributed by atoms with E-state index in [0.717, 1.165) is 44.8 Å². The predicted octanol–water partition coefficient (Wildman–Crippen LogP) is 4.31. The van der Waals surface area contributed by atoms with Crippen molar-refractivity contribution < 1.29 is 4.39 Å². The van der Waals surface area contributed by atoms with Gasteiger partial charge in [0.05, 0.1) is 0 Å². The number of rotatable bonds is 5. The van der Waals surface area contributed by atoms with E-state index in [9.17, 15) is 4.39 Å². The van der Waals surface area contributed by atoms with Crippen molar-refractivity contribution in [3.05, 3.63) is 76.6 Å². The van der Waals surface area contributed by atoms with Crippen LogP contribution in [0.1, 0.15) is 11.1 Å². The van der Waals surface area contributed by atoms with Crippen LogP contribution in [0.25, 0.3) is 6.08 Å². The molecular formula is C20H22ClFN2. The van der Waals surface area contributed by atoms with Gasteiger partial charge in [-0.1, -0.05) is 60.2 Å². The molecule has 3 rings (SSSR count). The molecule has 0 aliphatic carbocycles. The van der Waals surface area contributed by atoms with E-state index < -0.39 is 0 Å². The molecule has 0 radical (unpaired) electrons. The Kier molecular flexibility index (Phi) is 6.02. The Balaban J connectivity index is 1.45. The van der Waals surface area contributed by atoms with Gasteiger partial charge in [0.2, 0.25) is 0 Å². The largest absolute Gasteiger partial charge is 0.297 e. The molecule has 0 spiro atoms. The normalized spacial score (nSPS) is 16.8. The lowest BCUT2D eigenvalue weighted by atomic mass is 10.2. The summed E-state index contributed by atoms with van der Waals surface area (Å²) >= 11 is 6.12. The first-order valence-corrected chi connectivity index (χ1v) is 8.69. The maximum Gasteiger partial charge on any atom is 0.124 e. The van der Waals surface area contributed by atoms with Gasteiger partial charge >= 0.3 is 0 Å². The standard InChI is InChI=1S/C20H22ClFN2/c21-20-15-19(22)9-8-18(20)16-24-13-11-23(12-14-24)10-4-7-17-5-2-1-3-6-17/h1-9,15H,10-14,16H2/b7-4+. The summed E-state index contributed by atoms with van der Waals surface area (Å²) in [5.74, 6) is -0.279. The van der Waals surface area contributed by atoms with Crippen molar-refractivity contribution in [1.29, 1.82) is 0 Å². The quantitative estimate of drug-likeness (QED) is 0.797. The molecular weight excluding hydrogens is 323 g/mol. The number of piperazine rings is 1. The Morgan fingerprint density at radius 3 is 2.38 bits per heavy atom. The van der Waals surface area contributed by atoms with E-state index in [1.807, 2.05) is 6.07 Å². The zero-order chi connectivity index (χ0) is 16.8. The van der Waals surface area contributed by atoms with Crippen LogP contribution in [0.15, 0.2) is 54.6 Å². The van der Waals surface area contributed by atoms with Crippen LogP contribution in [0.3, 0.4) is 0 Å². The van der Waals surface area contributed by atoms with E-state index in [1.54, 1.807) is 6.07 Å². The molecule has 2 nitrogen and oxygen atoms in total. The van der Waals surface area contributed by atoms with E-state index in [4.69, 9.17) is 11.6 Å². The van der Waals surface area contributed by atoms with Crippen molar-refractivity contribution in [3.63, 3.8) is 0 Å². The van der Waals surface area contributed by atoms with Crippen molar-refractivity contribution in [2.75, 3.05) is 32.7 Å². The fraction of sp³-hybridized carbons (Fsp3) is 0.300. The number of nitrogens with zero attached hydrogens (tertiary/aromatic N) is 2. The Hall–Kier alpha value is -1.68. The number of hydrogen-bond acceptors (Lipinski definition) is 2. The Bertz CT molecular complexity index is 679. The second kappa shape index (κ2) is 8.43. The molecule has 0 aromatic heterocycles. The number of halogens is 2. The van der Waals surface area contributed by atoms with Crippen LogP contribution in [0.5, 0.6) is 0 Å². The summed E-state index contributed by atoms with van der Waals surface area (Å²) in [5.41, 5.74) is 2.23. The molecule has 1 aliphatic heterocycles. The van der Waals surface area contributed by atoms with Gasteiger partial charge in [0.1, 0.15) is 5.82 Å². The van der Waals surface area contributed by atoms with Crippen LogP contribution in [0.2, 0.25) is 5.02 Å². The molecule has 2 aromatic carbocycles. The van der Waals surface area contributed by atoms with Crippen LogP contribution >= 0.6 is 11.6 Å². The average Bonchev–Trinajstić information content (AvgIpc) is 2.60. The molecule has 1 aliphatic rings. The van der Waals surface area contributed by atoms with E-state index >= 15 is 0 Å². The van der Waals surface area contributed by atoms with Crippen molar-refractivity contribution >= 4 is 17.7 Å². The maximum absolute atomic E-state index is 13.1. The minimum atomic E-state index is -0.279. The Morgan fingerprint density at radius 2 is 1.67 bits per heavy atom. The number of benzene rings is 2. The van der Waals surface area contributed by atoms with E-state index in [0.29, 0.717) is 5.02 Å². The lowest BCUT2D eigenvalue weighted by molar-refractivity contribution is 0.137. The summed E-state index contributed by atoms with van der Waals surface area (Å²) < 4.78 is 13.1. The van der Waals surface area contributed by atoms with Crippen molar-refractivity contribution in [1.82, 2.24) is 9.80 Å². The van der Waals surface area contributed by atoms with Gasteiger partial charge in [-0.3, -0.25) is 9.80 Å².